The number of anilines is 1. The van der Waals surface area contributed by atoms with E-state index in [2.05, 4.69) is 31.2 Å². The predicted octanol–water partition coefficient (Wildman–Crippen LogP) is 3.51. The van der Waals surface area contributed by atoms with Crippen LogP contribution in [0.25, 0.3) is 0 Å². The van der Waals surface area contributed by atoms with Gasteiger partial charge in [0.15, 0.2) is 5.54 Å². The number of halogens is 5. The van der Waals surface area contributed by atoms with E-state index in [9.17, 15) is 18.0 Å². The molecule has 3 N–H and O–H groups in total. The van der Waals surface area contributed by atoms with Crippen molar-refractivity contribution in [3.05, 3.63) is 58.1 Å². The predicted molar refractivity (Wildman–Crippen MR) is 104 cm³/mol. The number of nitrogens with one attached hydrogen (secondary N) is 1. The highest BCUT2D eigenvalue weighted by Gasteiger charge is 2.46. The van der Waals surface area contributed by atoms with Crippen LogP contribution in [0.15, 0.2) is 46.0 Å². The minimum atomic E-state index is -3.06. The monoisotopic (exact) mass is 478 g/mol. The van der Waals surface area contributed by atoms with E-state index in [4.69, 9.17) is 10.5 Å². The first kappa shape index (κ1) is 22.1. The maximum absolute atomic E-state index is 14.4. The number of ether oxygens (including phenoxy) is 1. The highest BCUT2D eigenvalue weighted by atomic mass is 79.9. The van der Waals surface area contributed by atoms with Gasteiger partial charge < -0.3 is 15.8 Å². The first-order valence-corrected chi connectivity index (χ1v) is 8.54. The van der Waals surface area contributed by atoms with E-state index in [1.165, 1.54) is 18.3 Å². The normalized spacial score (nSPS) is 19.0. The van der Waals surface area contributed by atoms with E-state index >= 15 is 0 Å². The van der Waals surface area contributed by atoms with E-state index < -0.39 is 35.9 Å². The molecule has 28 heavy (non-hydrogen) atoms. The van der Waals surface area contributed by atoms with Crippen molar-refractivity contribution in [2.45, 2.75) is 12.0 Å². The number of alkyl halides is 2. The second-order valence-corrected chi connectivity index (χ2v) is 6.75. The van der Waals surface area contributed by atoms with Crippen molar-refractivity contribution >= 4 is 45.8 Å². The van der Waals surface area contributed by atoms with Crippen molar-refractivity contribution in [3.63, 3.8) is 0 Å². The summed E-state index contributed by atoms with van der Waals surface area (Å²) in [5.74, 6) is -1.64. The molecule has 1 atom stereocenters. The first-order valence-electron chi connectivity index (χ1n) is 7.75. The molecule has 0 bridgehead atoms. The third-order valence-corrected chi connectivity index (χ3v) is 4.40. The number of amidine groups is 1. The maximum atomic E-state index is 14.4. The fraction of sp³-hybridized carbons (Fsp3) is 0.235. The van der Waals surface area contributed by atoms with Gasteiger partial charge in [-0.15, -0.1) is 12.4 Å². The highest BCUT2D eigenvalue weighted by molar-refractivity contribution is 9.10. The van der Waals surface area contributed by atoms with E-state index in [1.807, 2.05) is 0 Å². The Kier molecular flexibility index (Phi) is 7.02. The molecule has 0 aliphatic carbocycles. The summed E-state index contributed by atoms with van der Waals surface area (Å²) in [6.07, 6.45) is -1.63. The van der Waals surface area contributed by atoms with Crippen LogP contribution in [0.3, 0.4) is 0 Å². The molecule has 11 heteroatoms. The molecule has 1 aliphatic rings. The van der Waals surface area contributed by atoms with Crippen molar-refractivity contribution in [1.82, 2.24) is 4.98 Å². The topological polar surface area (TPSA) is 89.6 Å². The maximum Gasteiger partial charge on any atom is 0.274 e. The van der Waals surface area contributed by atoms with Crippen LogP contribution in [-0.2, 0) is 10.3 Å². The molecule has 1 amide bonds. The van der Waals surface area contributed by atoms with Crippen molar-refractivity contribution in [3.8, 4) is 0 Å². The summed E-state index contributed by atoms with van der Waals surface area (Å²) < 4.78 is 47.7. The van der Waals surface area contributed by atoms with Crippen LogP contribution in [0.4, 0.5) is 18.9 Å². The Morgan fingerprint density at radius 3 is 2.68 bits per heavy atom. The molecule has 0 radical (unpaired) electrons. The van der Waals surface area contributed by atoms with Crippen LogP contribution < -0.4 is 11.1 Å². The molecule has 2 heterocycles. The van der Waals surface area contributed by atoms with Gasteiger partial charge in [0.25, 0.3) is 12.3 Å². The number of amides is 1. The largest absolute Gasteiger partial charge is 0.385 e. The number of aliphatic imine (C=N–C) groups is 1. The molecule has 2 aromatic rings. The molecule has 0 saturated carbocycles. The molecule has 6 nitrogen and oxygen atoms in total. The Morgan fingerprint density at radius 2 is 2.07 bits per heavy atom. The lowest BCUT2D eigenvalue weighted by Crippen LogP contribution is -2.45. The average molecular weight is 480 g/mol. The number of aromatic nitrogens is 1. The van der Waals surface area contributed by atoms with Gasteiger partial charge in [0.05, 0.1) is 6.61 Å². The summed E-state index contributed by atoms with van der Waals surface area (Å²) in [6.45, 7) is -0.643. The number of nitrogens with two attached hydrogens (primary N) is 1. The van der Waals surface area contributed by atoms with E-state index in [0.717, 1.165) is 12.1 Å². The molecule has 150 valence electrons. The van der Waals surface area contributed by atoms with Gasteiger partial charge in [0.2, 0.25) is 0 Å². The molecular formula is C17H15BrClF3N4O2. The van der Waals surface area contributed by atoms with E-state index in [0.29, 0.717) is 4.47 Å². The Balaban J connectivity index is 0.00000280. The molecule has 1 aromatic heterocycles. The highest BCUT2D eigenvalue weighted by Crippen LogP contribution is 2.38. The van der Waals surface area contributed by atoms with E-state index in [-0.39, 0.29) is 36.2 Å². The van der Waals surface area contributed by atoms with E-state index in [1.54, 1.807) is 6.07 Å². The van der Waals surface area contributed by atoms with Crippen molar-refractivity contribution in [2.75, 3.05) is 18.5 Å². The number of benzene rings is 1. The third-order valence-electron chi connectivity index (χ3n) is 3.93. The first-order chi connectivity index (χ1) is 12.8. The summed E-state index contributed by atoms with van der Waals surface area (Å²) >= 11 is 3.21. The minimum absolute atomic E-state index is 0. The van der Waals surface area contributed by atoms with Crippen LogP contribution in [0, 0.1) is 5.82 Å². The number of pyridine rings is 1. The van der Waals surface area contributed by atoms with Gasteiger partial charge in [-0.05, 0) is 46.3 Å². The van der Waals surface area contributed by atoms with Gasteiger partial charge in [-0.25, -0.2) is 18.2 Å². The zero-order valence-electron chi connectivity index (χ0n) is 14.2. The van der Waals surface area contributed by atoms with Crippen LogP contribution in [-0.4, -0.2) is 36.4 Å². The zero-order chi connectivity index (χ0) is 19.6. The minimum Gasteiger partial charge on any atom is -0.385 e. The van der Waals surface area contributed by atoms with Crippen molar-refractivity contribution < 1.29 is 22.7 Å². The molecule has 0 spiro atoms. The summed E-state index contributed by atoms with van der Waals surface area (Å²) in [5, 5.41) is 2.50. The average Bonchev–Trinajstić information content (AvgIpc) is 2.63. The van der Waals surface area contributed by atoms with Gasteiger partial charge in [0, 0.05) is 21.9 Å². The molecule has 1 unspecified atom stereocenters. The SMILES string of the molecule is Cl.NC1=NC(c2cc(NC(=O)c3ccc(Br)cn3)ccc2F)(C(F)F)COC1. The number of nitrogens with zero attached hydrogens (tertiary/aromatic N) is 2. The Labute approximate surface area is 172 Å². The Morgan fingerprint density at radius 1 is 1.32 bits per heavy atom. The quantitative estimate of drug-likeness (QED) is 0.702. The molecule has 0 fully saturated rings. The van der Waals surface area contributed by atoms with Crippen LogP contribution in [0.5, 0.6) is 0 Å². The molecular weight excluding hydrogens is 465 g/mol. The fourth-order valence-corrected chi connectivity index (χ4v) is 2.87. The van der Waals surface area contributed by atoms with Crippen molar-refractivity contribution in [1.29, 1.82) is 0 Å². The summed E-state index contributed by atoms with van der Waals surface area (Å²) in [7, 11) is 0. The summed E-state index contributed by atoms with van der Waals surface area (Å²) in [6, 6.07) is 6.44. The second-order valence-electron chi connectivity index (χ2n) is 5.83. The van der Waals surface area contributed by atoms with Crippen LogP contribution in [0.2, 0.25) is 0 Å². The smallest absolute Gasteiger partial charge is 0.274 e. The van der Waals surface area contributed by atoms with Gasteiger partial charge in [0.1, 0.15) is 24.0 Å². The van der Waals surface area contributed by atoms with Gasteiger partial charge in [-0.2, -0.15) is 0 Å². The number of rotatable bonds is 4. The van der Waals surface area contributed by atoms with Crippen molar-refractivity contribution in [2.24, 2.45) is 10.7 Å². The number of carbonyl (C=O) groups excluding carboxylic acids is 1. The molecule has 1 aromatic carbocycles. The van der Waals surface area contributed by atoms with Gasteiger partial charge in [-0.3, -0.25) is 9.79 Å². The molecule has 1 aliphatic heterocycles. The fourth-order valence-electron chi connectivity index (χ4n) is 2.64. The lowest BCUT2D eigenvalue weighted by molar-refractivity contribution is -0.0145. The number of hydrogen-bond acceptors (Lipinski definition) is 5. The summed E-state index contributed by atoms with van der Waals surface area (Å²) in [5.41, 5.74) is 3.06. The summed E-state index contributed by atoms with van der Waals surface area (Å²) in [4.78, 5) is 20.0. The van der Waals surface area contributed by atoms with Crippen LogP contribution >= 0.6 is 28.3 Å². The van der Waals surface area contributed by atoms with Gasteiger partial charge >= 0.3 is 0 Å². The second kappa shape index (κ2) is 8.89. The number of carbonyl (C=O) groups is 1. The standard InChI is InChI=1S/C17H14BrF3N4O2.ClH/c18-9-1-4-13(23-6-9)15(26)24-10-2-3-12(19)11(5-10)17(16(20)21)8-27-7-14(22)25-17;/h1-6,16H,7-8H2,(H2,22,25)(H,24,26);1H. The third kappa shape index (κ3) is 4.45. The molecule has 3 rings (SSSR count). The zero-order valence-corrected chi connectivity index (χ0v) is 16.6. The Hall–Kier alpha value is -2.17. The molecule has 0 saturated heterocycles. The lowest BCUT2D eigenvalue weighted by atomic mass is 9.90. The lowest BCUT2D eigenvalue weighted by Gasteiger charge is -2.33. The van der Waals surface area contributed by atoms with Gasteiger partial charge in [-0.1, -0.05) is 0 Å². The number of hydrogen-bond donors (Lipinski definition) is 2. The Bertz CT molecular complexity index is 898. The van der Waals surface area contributed by atoms with Crippen LogP contribution in [0.1, 0.15) is 16.1 Å².